The highest BCUT2D eigenvalue weighted by Crippen LogP contribution is 2.33. The predicted molar refractivity (Wildman–Crippen MR) is 114 cm³/mol. The Bertz CT molecular complexity index is 1180. The second-order valence-electron chi connectivity index (χ2n) is 6.65. The summed E-state index contributed by atoms with van der Waals surface area (Å²) >= 11 is 1.40. The summed E-state index contributed by atoms with van der Waals surface area (Å²) in [7, 11) is 5.50. The third kappa shape index (κ3) is 3.74. The predicted octanol–water partition coefficient (Wildman–Crippen LogP) is 2.07. The number of nitrogen functional groups attached to an aromatic ring is 1. The van der Waals surface area contributed by atoms with Gasteiger partial charge in [0.15, 0.2) is 5.82 Å². The molecule has 4 rings (SSSR count). The van der Waals surface area contributed by atoms with Crippen molar-refractivity contribution in [1.82, 2.24) is 30.0 Å². The van der Waals surface area contributed by atoms with E-state index in [0.717, 1.165) is 21.5 Å². The molecule has 0 spiro atoms. The van der Waals surface area contributed by atoms with Crippen molar-refractivity contribution >= 4 is 39.4 Å². The molecule has 9 nitrogen and oxygen atoms in total. The van der Waals surface area contributed by atoms with Crippen molar-refractivity contribution in [2.45, 2.75) is 6.54 Å². The number of hydrogen-bond acceptors (Lipinski definition) is 8. The highest BCUT2D eigenvalue weighted by Gasteiger charge is 2.18. The van der Waals surface area contributed by atoms with Gasteiger partial charge in [0.05, 0.1) is 11.4 Å². The van der Waals surface area contributed by atoms with Crippen LogP contribution in [0.25, 0.3) is 21.5 Å². The molecule has 4 aromatic rings. The summed E-state index contributed by atoms with van der Waals surface area (Å²) in [6.07, 6.45) is 0. The summed E-state index contributed by atoms with van der Waals surface area (Å²) in [5.41, 5.74) is 7.61. The largest absolute Gasteiger partial charge is 0.368 e. The first kappa shape index (κ1) is 18.8. The van der Waals surface area contributed by atoms with Crippen LogP contribution in [0, 0.1) is 0 Å². The van der Waals surface area contributed by atoms with Crippen molar-refractivity contribution in [2.24, 2.45) is 7.05 Å². The second-order valence-corrected chi connectivity index (χ2v) is 7.69. The van der Waals surface area contributed by atoms with Gasteiger partial charge in [-0.15, -0.1) is 11.3 Å². The zero-order valence-corrected chi connectivity index (χ0v) is 17.1. The Morgan fingerprint density at radius 1 is 1.21 bits per heavy atom. The number of aryl methyl sites for hydroxylation is 1. The van der Waals surface area contributed by atoms with Crippen LogP contribution >= 0.6 is 11.3 Å². The van der Waals surface area contributed by atoms with Crippen LogP contribution in [-0.4, -0.2) is 44.7 Å². The van der Waals surface area contributed by atoms with Crippen molar-refractivity contribution in [3.05, 3.63) is 47.1 Å². The first-order valence-corrected chi connectivity index (χ1v) is 9.72. The summed E-state index contributed by atoms with van der Waals surface area (Å²) in [6, 6.07) is 11.8. The molecule has 0 unspecified atom stereocenters. The Labute approximate surface area is 171 Å². The summed E-state index contributed by atoms with van der Waals surface area (Å²) in [4.78, 5) is 28.4. The van der Waals surface area contributed by atoms with Gasteiger partial charge in [-0.25, -0.2) is 0 Å². The SMILES string of the molecule is CN(C)c1nc(N)nc(CNC(=O)c2cc3c(-c4ccccc4)nn(C)c3s2)n1. The van der Waals surface area contributed by atoms with Crippen molar-refractivity contribution in [3.8, 4) is 11.3 Å². The lowest BCUT2D eigenvalue weighted by molar-refractivity contribution is 0.0954. The van der Waals surface area contributed by atoms with Gasteiger partial charge in [-0.3, -0.25) is 9.48 Å². The third-order valence-corrected chi connectivity index (χ3v) is 5.48. The molecule has 3 N–H and O–H groups in total. The first-order valence-electron chi connectivity index (χ1n) is 8.90. The average molecular weight is 408 g/mol. The van der Waals surface area contributed by atoms with Crippen LogP contribution in [0.3, 0.4) is 0 Å². The molecule has 0 fully saturated rings. The Hall–Kier alpha value is -3.53. The monoisotopic (exact) mass is 408 g/mol. The van der Waals surface area contributed by atoms with Crippen LogP contribution < -0.4 is 16.0 Å². The standard InChI is InChI=1S/C19H20N8OS/c1-26(2)19-23-14(22-18(20)24-19)10-21-16(28)13-9-12-15(11-7-5-4-6-8-11)25-27(3)17(12)29-13/h4-9H,10H2,1-3H3,(H,21,28)(H2,20,22,23,24). The van der Waals surface area contributed by atoms with E-state index in [0.29, 0.717) is 16.6 Å². The first-order chi connectivity index (χ1) is 13.9. The number of carbonyl (C=O) groups is 1. The minimum atomic E-state index is -0.199. The smallest absolute Gasteiger partial charge is 0.261 e. The van der Waals surface area contributed by atoms with E-state index < -0.39 is 0 Å². The second kappa shape index (κ2) is 7.47. The van der Waals surface area contributed by atoms with Crippen LogP contribution in [0.2, 0.25) is 0 Å². The molecular formula is C19H20N8OS. The van der Waals surface area contributed by atoms with Crippen LogP contribution in [0.4, 0.5) is 11.9 Å². The Morgan fingerprint density at radius 2 is 1.97 bits per heavy atom. The quantitative estimate of drug-likeness (QED) is 0.519. The van der Waals surface area contributed by atoms with E-state index in [1.165, 1.54) is 11.3 Å². The molecule has 0 saturated heterocycles. The van der Waals surface area contributed by atoms with E-state index in [9.17, 15) is 4.79 Å². The molecule has 3 aromatic heterocycles. The molecule has 0 saturated carbocycles. The maximum Gasteiger partial charge on any atom is 0.261 e. The van der Waals surface area contributed by atoms with Crippen LogP contribution in [0.15, 0.2) is 36.4 Å². The van der Waals surface area contributed by atoms with Crippen LogP contribution in [0.5, 0.6) is 0 Å². The van der Waals surface area contributed by atoms with Gasteiger partial charge >= 0.3 is 0 Å². The van der Waals surface area contributed by atoms with Gasteiger partial charge in [0.2, 0.25) is 11.9 Å². The lowest BCUT2D eigenvalue weighted by Gasteiger charge is -2.11. The lowest BCUT2D eigenvalue weighted by atomic mass is 10.1. The van der Waals surface area contributed by atoms with Gasteiger partial charge in [-0.2, -0.15) is 20.1 Å². The number of fused-ring (bicyclic) bond motifs is 1. The molecule has 10 heteroatoms. The minimum absolute atomic E-state index is 0.119. The number of nitrogens with two attached hydrogens (primary N) is 1. The van der Waals surface area contributed by atoms with E-state index in [1.807, 2.05) is 57.5 Å². The van der Waals surface area contributed by atoms with Gasteiger partial charge in [0.1, 0.15) is 10.5 Å². The number of benzene rings is 1. The summed E-state index contributed by atoms with van der Waals surface area (Å²) in [5, 5.41) is 8.40. The highest BCUT2D eigenvalue weighted by molar-refractivity contribution is 7.20. The Balaban J connectivity index is 1.57. The number of anilines is 2. The van der Waals surface area contributed by atoms with Crippen LogP contribution in [-0.2, 0) is 13.6 Å². The molecule has 0 aliphatic carbocycles. The number of rotatable bonds is 5. The van der Waals surface area contributed by atoms with E-state index in [4.69, 9.17) is 5.73 Å². The number of amides is 1. The molecule has 0 aliphatic heterocycles. The van der Waals surface area contributed by atoms with Gasteiger partial charge < -0.3 is 16.0 Å². The fourth-order valence-electron chi connectivity index (χ4n) is 2.91. The maximum absolute atomic E-state index is 12.7. The number of nitrogens with one attached hydrogen (secondary N) is 1. The molecule has 3 heterocycles. The van der Waals surface area contributed by atoms with Crippen molar-refractivity contribution < 1.29 is 4.79 Å². The molecule has 0 radical (unpaired) electrons. The lowest BCUT2D eigenvalue weighted by Crippen LogP contribution is -2.24. The van der Waals surface area contributed by atoms with Gasteiger partial charge in [0.25, 0.3) is 5.91 Å². The number of nitrogens with zero attached hydrogens (tertiary/aromatic N) is 6. The molecule has 1 aromatic carbocycles. The summed E-state index contributed by atoms with van der Waals surface area (Å²) in [6.45, 7) is 0.157. The van der Waals surface area contributed by atoms with Crippen molar-refractivity contribution in [3.63, 3.8) is 0 Å². The number of hydrogen-bond donors (Lipinski definition) is 2. The maximum atomic E-state index is 12.7. The molecule has 0 atom stereocenters. The van der Waals surface area contributed by atoms with E-state index in [2.05, 4.69) is 25.4 Å². The molecule has 0 aliphatic rings. The zero-order valence-electron chi connectivity index (χ0n) is 16.2. The van der Waals surface area contributed by atoms with Gasteiger partial charge in [-0.1, -0.05) is 30.3 Å². The molecule has 0 bridgehead atoms. The number of carbonyl (C=O) groups excluding carboxylic acids is 1. The molecule has 148 valence electrons. The number of aromatic nitrogens is 5. The molecular weight excluding hydrogens is 388 g/mol. The normalized spacial score (nSPS) is 11.0. The minimum Gasteiger partial charge on any atom is -0.368 e. The molecule has 1 amide bonds. The topological polar surface area (TPSA) is 115 Å². The van der Waals surface area contributed by atoms with Crippen LogP contribution in [0.1, 0.15) is 15.5 Å². The Morgan fingerprint density at radius 3 is 2.69 bits per heavy atom. The summed E-state index contributed by atoms with van der Waals surface area (Å²) < 4.78 is 1.80. The van der Waals surface area contributed by atoms with E-state index in [-0.39, 0.29) is 18.4 Å². The van der Waals surface area contributed by atoms with E-state index >= 15 is 0 Å². The van der Waals surface area contributed by atoms with Crippen molar-refractivity contribution in [1.29, 1.82) is 0 Å². The number of thiophene rings is 1. The highest BCUT2D eigenvalue weighted by atomic mass is 32.1. The van der Waals surface area contributed by atoms with E-state index in [1.54, 1.807) is 9.58 Å². The fraction of sp³-hybridized carbons (Fsp3) is 0.211. The summed E-state index contributed by atoms with van der Waals surface area (Å²) in [5.74, 6) is 0.772. The fourth-order valence-corrected chi connectivity index (χ4v) is 3.90. The Kier molecular flexibility index (Phi) is 4.85. The molecule has 29 heavy (non-hydrogen) atoms. The van der Waals surface area contributed by atoms with Gasteiger partial charge in [-0.05, 0) is 6.07 Å². The average Bonchev–Trinajstić information content (AvgIpc) is 3.27. The van der Waals surface area contributed by atoms with Crippen molar-refractivity contribution in [2.75, 3.05) is 24.7 Å². The third-order valence-electron chi connectivity index (χ3n) is 4.28. The van der Waals surface area contributed by atoms with Gasteiger partial charge in [0, 0.05) is 32.1 Å². The zero-order chi connectivity index (χ0) is 20.5.